The zero-order chi connectivity index (χ0) is 26.9. The van der Waals surface area contributed by atoms with Gasteiger partial charge < -0.3 is 29.5 Å². The second-order valence-electron chi connectivity index (χ2n) is 9.62. The van der Waals surface area contributed by atoms with Crippen LogP contribution in [0.5, 0.6) is 11.5 Å². The third-order valence-corrected chi connectivity index (χ3v) is 6.93. The van der Waals surface area contributed by atoms with Crippen LogP contribution in [0.2, 0.25) is 0 Å². The van der Waals surface area contributed by atoms with Crippen LogP contribution >= 0.6 is 0 Å². The van der Waals surface area contributed by atoms with Crippen molar-refractivity contribution < 1.29 is 14.3 Å². The minimum Gasteiger partial charge on any atom is -0.493 e. The van der Waals surface area contributed by atoms with E-state index in [1.807, 2.05) is 48.2 Å². The van der Waals surface area contributed by atoms with Crippen molar-refractivity contribution in [2.45, 2.75) is 33.6 Å². The van der Waals surface area contributed by atoms with Crippen molar-refractivity contribution in [3.63, 3.8) is 0 Å². The van der Waals surface area contributed by atoms with Crippen LogP contribution in [0.15, 0.2) is 42.7 Å². The van der Waals surface area contributed by atoms with Crippen LogP contribution in [-0.4, -0.2) is 85.3 Å². The van der Waals surface area contributed by atoms with E-state index >= 15 is 0 Å². The Hall–Kier alpha value is -3.59. The predicted molar refractivity (Wildman–Crippen MR) is 153 cm³/mol. The molecular weight excluding hydrogens is 480 g/mol. The average Bonchev–Trinajstić information content (AvgIpc) is 2.95. The van der Waals surface area contributed by atoms with Gasteiger partial charge in [-0.2, -0.15) is 0 Å². The summed E-state index contributed by atoms with van der Waals surface area (Å²) in [5.74, 6) is 2.21. The Morgan fingerprint density at radius 2 is 1.79 bits per heavy atom. The van der Waals surface area contributed by atoms with E-state index in [0.29, 0.717) is 44.3 Å². The highest BCUT2D eigenvalue weighted by atomic mass is 16.5. The Bertz CT molecular complexity index is 1190. The van der Waals surface area contributed by atoms with Crippen molar-refractivity contribution >= 4 is 28.4 Å². The van der Waals surface area contributed by atoms with Gasteiger partial charge in [0, 0.05) is 49.9 Å². The molecule has 0 radical (unpaired) electrons. The zero-order valence-electron chi connectivity index (χ0n) is 23.1. The van der Waals surface area contributed by atoms with E-state index in [0.717, 1.165) is 60.4 Å². The molecule has 0 aliphatic carbocycles. The molecular formula is C29H40N6O3. The van der Waals surface area contributed by atoms with E-state index in [2.05, 4.69) is 38.9 Å². The first-order chi connectivity index (χ1) is 18.5. The fourth-order valence-electron chi connectivity index (χ4n) is 4.75. The van der Waals surface area contributed by atoms with Crippen LogP contribution in [0, 0.1) is 6.92 Å². The van der Waals surface area contributed by atoms with Crippen molar-refractivity contribution in [2.75, 3.05) is 69.7 Å². The van der Waals surface area contributed by atoms with Gasteiger partial charge >= 0.3 is 6.03 Å². The highest BCUT2D eigenvalue weighted by molar-refractivity contribution is 5.92. The highest BCUT2D eigenvalue weighted by Crippen LogP contribution is 2.35. The second-order valence-corrected chi connectivity index (χ2v) is 9.62. The number of aromatic nitrogens is 2. The summed E-state index contributed by atoms with van der Waals surface area (Å²) in [6.45, 7) is 12.8. The number of fused-ring (bicyclic) bond motifs is 1. The summed E-state index contributed by atoms with van der Waals surface area (Å²) in [4.78, 5) is 28.3. The number of carbonyl (C=O) groups is 1. The first-order valence-corrected chi connectivity index (χ1v) is 13.6. The Balaban J connectivity index is 1.39. The van der Waals surface area contributed by atoms with Crippen LogP contribution in [0.1, 0.15) is 32.3 Å². The molecule has 1 aromatic heterocycles. The van der Waals surface area contributed by atoms with E-state index in [-0.39, 0.29) is 6.03 Å². The molecule has 9 nitrogen and oxygen atoms in total. The second kappa shape index (κ2) is 13.3. The third kappa shape index (κ3) is 6.83. The number of piperazine rings is 1. The van der Waals surface area contributed by atoms with Crippen LogP contribution in [0.3, 0.4) is 0 Å². The quantitative estimate of drug-likeness (QED) is 0.364. The molecule has 4 rings (SSSR count). The Morgan fingerprint density at radius 1 is 1.03 bits per heavy atom. The number of ether oxygens (including phenoxy) is 2. The van der Waals surface area contributed by atoms with Crippen LogP contribution in [0.4, 0.5) is 16.3 Å². The van der Waals surface area contributed by atoms with Crippen molar-refractivity contribution in [3.8, 4) is 11.5 Å². The molecule has 204 valence electrons. The molecule has 1 N–H and O–H groups in total. The minimum atomic E-state index is -0.0822. The molecule has 1 aliphatic rings. The van der Waals surface area contributed by atoms with Gasteiger partial charge in [0.25, 0.3) is 0 Å². The molecule has 2 heterocycles. The molecule has 2 aromatic carbocycles. The summed E-state index contributed by atoms with van der Waals surface area (Å²) < 4.78 is 11.8. The number of aryl methyl sites for hydroxylation is 1. The van der Waals surface area contributed by atoms with Crippen LogP contribution in [-0.2, 0) is 0 Å². The highest BCUT2D eigenvalue weighted by Gasteiger charge is 2.24. The maximum Gasteiger partial charge on any atom is 0.321 e. The number of urea groups is 1. The number of amides is 2. The van der Waals surface area contributed by atoms with Crippen molar-refractivity contribution in [1.82, 2.24) is 19.8 Å². The van der Waals surface area contributed by atoms with Gasteiger partial charge in [0.1, 0.15) is 12.1 Å². The number of benzene rings is 2. The topological polar surface area (TPSA) is 83.1 Å². The number of hydrogen-bond donors (Lipinski definition) is 1. The smallest absolute Gasteiger partial charge is 0.321 e. The van der Waals surface area contributed by atoms with E-state index in [1.165, 1.54) is 0 Å². The predicted octanol–water partition coefficient (Wildman–Crippen LogP) is 4.80. The molecule has 0 spiro atoms. The van der Waals surface area contributed by atoms with E-state index in [4.69, 9.17) is 9.47 Å². The summed E-state index contributed by atoms with van der Waals surface area (Å²) in [5.41, 5.74) is 2.78. The molecule has 0 atom stereocenters. The van der Waals surface area contributed by atoms with Crippen LogP contribution in [0.25, 0.3) is 10.9 Å². The van der Waals surface area contributed by atoms with Crippen molar-refractivity contribution in [2.24, 2.45) is 0 Å². The molecule has 38 heavy (non-hydrogen) atoms. The fourth-order valence-corrected chi connectivity index (χ4v) is 4.75. The van der Waals surface area contributed by atoms with Gasteiger partial charge in [-0.25, -0.2) is 14.8 Å². The lowest BCUT2D eigenvalue weighted by Crippen LogP contribution is -2.50. The van der Waals surface area contributed by atoms with Crippen molar-refractivity contribution in [3.05, 3.63) is 48.3 Å². The Morgan fingerprint density at radius 3 is 2.47 bits per heavy atom. The van der Waals surface area contributed by atoms with Gasteiger partial charge in [-0.05, 0) is 51.1 Å². The third-order valence-electron chi connectivity index (χ3n) is 6.93. The average molecular weight is 521 g/mol. The summed E-state index contributed by atoms with van der Waals surface area (Å²) in [5, 5.41) is 3.90. The fraction of sp³-hybridized carbons (Fsp3) is 0.483. The van der Waals surface area contributed by atoms with Gasteiger partial charge in [0.2, 0.25) is 0 Å². The SMILES string of the molecule is CCCN(CC)CCCOc1cc2ncnc(N3CCN(C(=O)Nc4ccc(C)cc4)CC3)c2cc1OC. The minimum absolute atomic E-state index is 0.0822. The molecule has 0 bridgehead atoms. The lowest BCUT2D eigenvalue weighted by molar-refractivity contribution is 0.208. The summed E-state index contributed by atoms with van der Waals surface area (Å²) in [7, 11) is 1.66. The molecule has 1 saturated heterocycles. The number of nitrogens with one attached hydrogen (secondary N) is 1. The summed E-state index contributed by atoms with van der Waals surface area (Å²) >= 11 is 0. The first kappa shape index (κ1) is 27.4. The molecule has 0 unspecified atom stereocenters. The summed E-state index contributed by atoms with van der Waals surface area (Å²) in [6, 6.07) is 11.7. The number of methoxy groups -OCH3 is 1. The molecule has 2 amide bonds. The molecule has 9 heteroatoms. The standard InChI is InChI=1S/C29H40N6O3/c1-5-12-33(6-2)13-7-18-38-27-20-25-24(19-26(27)37-4)28(31-21-30-25)34-14-16-35(17-15-34)29(36)32-23-10-8-22(3)9-11-23/h8-11,19-21H,5-7,12-18H2,1-4H3,(H,32,36). The maximum absolute atomic E-state index is 12.8. The monoisotopic (exact) mass is 520 g/mol. The van der Waals surface area contributed by atoms with Crippen molar-refractivity contribution in [1.29, 1.82) is 0 Å². The molecule has 0 saturated carbocycles. The van der Waals surface area contributed by atoms with Crippen LogP contribution < -0.4 is 19.7 Å². The van der Waals surface area contributed by atoms with E-state index < -0.39 is 0 Å². The largest absolute Gasteiger partial charge is 0.493 e. The van der Waals surface area contributed by atoms with Gasteiger partial charge in [-0.15, -0.1) is 0 Å². The maximum atomic E-state index is 12.8. The number of nitrogens with zero attached hydrogens (tertiary/aromatic N) is 5. The van der Waals surface area contributed by atoms with E-state index in [9.17, 15) is 4.79 Å². The summed E-state index contributed by atoms with van der Waals surface area (Å²) in [6.07, 6.45) is 3.70. The normalized spacial score (nSPS) is 13.7. The molecule has 1 fully saturated rings. The van der Waals surface area contributed by atoms with Gasteiger partial charge in [-0.3, -0.25) is 0 Å². The van der Waals surface area contributed by atoms with Gasteiger partial charge in [0.15, 0.2) is 11.5 Å². The number of hydrogen-bond acceptors (Lipinski definition) is 7. The first-order valence-electron chi connectivity index (χ1n) is 13.6. The Labute approximate surface area is 225 Å². The lowest BCUT2D eigenvalue weighted by Gasteiger charge is -2.35. The number of rotatable bonds is 11. The van der Waals surface area contributed by atoms with Gasteiger partial charge in [-0.1, -0.05) is 31.5 Å². The van der Waals surface area contributed by atoms with Gasteiger partial charge in [0.05, 0.1) is 19.2 Å². The molecule has 1 aliphatic heterocycles. The molecule has 3 aromatic rings. The zero-order valence-corrected chi connectivity index (χ0v) is 23.1. The Kier molecular flexibility index (Phi) is 9.59. The van der Waals surface area contributed by atoms with E-state index in [1.54, 1.807) is 13.4 Å². The lowest BCUT2D eigenvalue weighted by atomic mass is 10.2. The number of anilines is 2. The number of carbonyl (C=O) groups excluding carboxylic acids is 1.